The van der Waals surface area contributed by atoms with Gasteiger partial charge in [-0.3, -0.25) is 9.59 Å². The number of carbonyl (C=O) groups excluding carboxylic acids is 2. The number of rotatable bonds is 6. The number of benzene rings is 1. The number of hydrogen-bond donors (Lipinski definition) is 1. The van der Waals surface area contributed by atoms with E-state index in [-0.39, 0.29) is 37.2 Å². The van der Waals surface area contributed by atoms with E-state index in [4.69, 9.17) is 0 Å². The van der Waals surface area contributed by atoms with E-state index in [0.717, 1.165) is 17.9 Å². The summed E-state index contributed by atoms with van der Waals surface area (Å²) in [6.45, 7) is 0.885. The standard InChI is InChI=1S/C17H21F3N2O2S/c1-25-8-7-21-16(24)13-5-6-15(23)22(11-13)10-12-3-2-4-14(9-12)17(18,19)20/h2-4,9,13H,5-8,10-11H2,1H3,(H,21,24)/t13-/m1/s1. The highest BCUT2D eigenvalue weighted by Crippen LogP contribution is 2.30. The Hall–Kier alpha value is -1.70. The number of amides is 2. The third-order valence-corrected chi connectivity index (χ3v) is 4.72. The third kappa shape index (κ3) is 5.66. The molecule has 1 aromatic rings. The van der Waals surface area contributed by atoms with E-state index in [1.807, 2.05) is 6.26 Å². The molecule has 0 aliphatic carbocycles. The van der Waals surface area contributed by atoms with Crippen LogP contribution < -0.4 is 5.32 Å². The second kappa shape index (κ2) is 8.60. The minimum atomic E-state index is -4.42. The molecule has 1 heterocycles. The van der Waals surface area contributed by atoms with Gasteiger partial charge in [0.15, 0.2) is 0 Å². The number of nitrogens with one attached hydrogen (secondary N) is 1. The number of carbonyl (C=O) groups is 2. The fourth-order valence-electron chi connectivity index (χ4n) is 2.77. The first-order chi connectivity index (χ1) is 11.8. The Labute approximate surface area is 149 Å². The highest BCUT2D eigenvalue weighted by Gasteiger charge is 2.32. The average Bonchev–Trinajstić information content (AvgIpc) is 2.56. The Balaban J connectivity index is 2.00. The largest absolute Gasteiger partial charge is 0.416 e. The van der Waals surface area contributed by atoms with E-state index in [2.05, 4.69) is 5.32 Å². The quantitative estimate of drug-likeness (QED) is 0.779. The van der Waals surface area contributed by atoms with Crippen molar-refractivity contribution in [2.75, 3.05) is 25.1 Å². The van der Waals surface area contributed by atoms with E-state index >= 15 is 0 Å². The van der Waals surface area contributed by atoms with Crippen LogP contribution in [0.3, 0.4) is 0 Å². The van der Waals surface area contributed by atoms with Crippen molar-refractivity contribution in [3.63, 3.8) is 0 Å². The molecule has 8 heteroatoms. The van der Waals surface area contributed by atoms with Crippen molar-refractivity contribution >= 4 is 23.6 Å². The van der Waals surface area contributed by atoms with Gasteiger partial charge in [-0.25, -0.2) is 0 Å². The normalized spacial score (nSPS) is 18.3. The van der Waals surface area contributed by atoms with Crippen molar-refractivity contribution in [1.29, 1.82) is 0 Å². The van der Waals surface area contributed by atoms with Gasteiger partial charge in [0.05, 0.1) is 11.5 Å². The first kappa shape index (κ1) is 19.6. The van der Waals surface area contributed by atoms with Crippen LogP contribution in [-0.4, -0.2) is 41.8 Å². The van der Waals surface area contributed by atoms with Crippen molar-refractivity contribution < 1.29 is 22.8 Å². The summed E-state index contributed by atoms with van der Waals surface area (Å²) in [6, 6.07) is 4.95. The lowest BCUT2D eigenvalue weighted by Gasteiger charge is -2.32. The van der Waals surface area contributed by atoms with Gasteiger partial charge < -0.3 is 10.2 Å². The summed E-state index contributed by atoms with van der Waals surface area (Å²) < 4.78 is 38.4. The first-order valence-corrected chi connectivity index (χ1v) is 9.41. The maximum atomic E-state index is 12.8. The Morgan fingerprint density at radius 2 is 2.16 bits per heavy atom. The van der Waals surface area contributed by atoms with Crippen molar-refractivity contribution in [2.24, 2.45) is 5.92 Å². The molecule has 1 saturated heterocycles. The van der Waals surface area contributed by atoms with Crippen LogP contribution in [0.4, 0.5) is 13.2 Å². The zero-order valence-electron chi connectivity index (χ0n) is 13.9. The molecule has 1 aliphatic heterocycles. The van der Waals surface area contributed by atoms with Crippen molar-refractivity contribution in [3.8, 4) is 0 Å². The van der Waals surface area contributed by atoms with Gasteiger partial charge in [0.2, 0.25) is 11.8 Å². The Morgan fingerprint density at radius 1 is 1.40 bits per heavy atom. The van der Waals surface area contributed by atoms with Gasteiger partial charge in [-0.05, 0) is 30.4 Å². The molecule has 0 aromatic heterocycles. The number of alkyl halides is 3. The fourth-order valence-corrected chi connectivity index (χ4v) is 3.07. The Bertz CT molecular complexity index is 622. The Morgan fingerprint density at radius 3 is 2.84 bits per heavy atom. The topological polar surface area (TPSA) is 49.4 Å². The van der Waals surface area contributed by atoms with Crippen molar-refractivity contribution in [1.82, 2.24) is 10.2 Å². The number of thioether (sulfide) groups is 1. The summed E-state index contributed by atoms with van der Waals surface area (Å²) >= 11 is 1.63. The van der Waals surface area contributed by atoms with Crippen LogP contribution in [-0.2, 0) is 22.3 Å². The highest BCUT2D eigenvalue weighted by atomic mass is 32.2. The molecular formula is C17H21F3N2O2S. The monoisotopic (exact) mass is 374 g/mol. The van der Waals surface area contributed by atoms with Gasteiger partial charge in [-0.2, -0.15) is 24.9 Å². The summed E-state index contributed by atoms with van der Waals surface area (Å²) in [4.78, 5) is 25.7. The maximum Gasteiger partial charge on any atom is 0.416 e. The molecule has 4 nitrogen and oxygen atoms in total. The van der Waals surface area contributed by atoms with E-state index < -0.39 is 11.7 Å². The summed E-state index contributed by atoms with van der Waals surface area (Å²) in [5.41, 5.74) is -0.326. The molecule has 1 atom stereocenters. The molecule has 0 radical (unpaired) electrons. The second-order valence-corrected chi connectivity index (χ2v) is 6.98. The molecule has 2 rings (SSSR count). The van der Waals surface area contributed by atoms with Crippen LogP contribution in [0.5, 0.6) is 0 Å². The second-order valence-electron chi connectivity index (χ2n) is 5.99. The third-order valence-electron chi connectivity index (χ3n) is 4.10. The number of nitrogens with zero attached hydrogens (tertiary/aromatic N) is 1. The van der Waals surface area contributed by atoms with Gasteiger partial charge in [-0.15, -0.1) is 0 Å². The first-order valence-electron chi connectivity index (χ1n) is 8.02. The number of halogens is 3. The lowest BCUT2D eigenvalue weighted by molar-refractivity contribution is -0.138. The molecule has 0 spiro atoms. The molecular weight excluding hydrogens is 353 g/mol. The van der Waals surface area contributed by atoms with E-state index in [1.165, 1.54) is 11.0 Å². The maximum absolute atomic E-state index is 12.8. The number of piperidine rings is 1. The molecule has 0 bridgehead atoms. The van der Waals surface area contributed by atoms with Gasteiger partial charge in [0.25, 0.3) is 0 Å². The molecule has 1 fully saturated rings. The Kier molecular flexibility index (Phi) is 6.75. The highest BCUT2D eigenvalue weighted by molar-refractivity contribution is 7.98. The molecule has 1 N–H and O–H groups in total. The molecule has 1 aliphatic rings. The van der Waals surface area contributed by atoms with Crippen LogP contribution in [0.1, 0.15) is 24.0 Å². The van der Waals surface area contributed by atoms with E-state index in [9.17, 15) is 22.8 Å². The van der Waals surface area contributed by atoms with Gasteiger partial charge in [0.1, 0.15) is 0 Å². The van der Waals surface area contributed by atoms with Crippen LogP contribution in [0, 0.1) is 5.92 Å². The van der Waals surface area contributed by atoms with Gasteiger partial charge in [-0.1, -0.05) is 12.1 Å². The van der Waals surface area contributed by atoms with Crippen LogP contribution in [0.2, 0.25) is 0 Å². The molecule has 2 amide bonds. The zero-order chi connectivity index (χ0) is 18.4. The molecule has 25 heavy (non-hydrogen) atoms. The minimum Gasteiger partial charge on any atom is -0.355 e. The van der Waals surface area contributed by atoms with Crippen LogP contribution >= 0.6 is 11.8 Å². The zero-order valence-corrected chi connectivity index (χ0v) is 14.8. The minimum absolute atomic E-state index is 0.0807. The smallest absolute Gasteiger partial charge is 0.355 e. The summed E-state index contributed by atoms with van der Waals surface area (Å²) in [6.07, 6.45) is -1.76. The number of likely N-dealkylation sites (tertiary alicyclic amines) is 1. The lowest BCUT2D eigenvalue weighted by atomic mass is 9.96. The van der Waals surface area contributed by atoms with Gasteiger partial charge >= 0.3 is 6.18 Å². The molecule has 0 unspecified atom stereocenters. The van der Waals surface area contributed by atoms with E-state index in [0.29, 0.717) is 18.5 Å². The van der Waals surface area contributed by atoms with Crippen molar-refractivity contribution in [2.45, 2.75) is 25.6 Å². The lowest BCUT2D eigenvalue weighted by Crippen LogP contribution is -2.45. The summed E-state index contributed by atoms with van der Waals surface area (Å²) in [7, 11) is 0. The average molecular weight is 374 g/mol. The summed E-state index contributed by atoms with van der Waals surface area (Å²) in [5.74, 6) is 0.261. The molecule has 138 valence electrons. The molecule has 1 aromatic carbocycles. The SMILES string of the molecule is CSCCNC(=O)[C@@H]1CCC(=O)N(Cc2cccc(C(F)(F)F)c2)C1. The predicted octanol–water partition coefficient (Wildman–Crippen LogP) is 2.92. The summed E-state index contributed by atoms with van der Waals surface area (Å²) in [5, 5.41) is 2.84. The molecule has 0 saturated carbocycles. The van der Waals surface area contributed by atoms with Crippen LogP contribution in [0.15, 0.2) is 24.3 Å². The predicted molar refractivity (Wildman–Crippen MR) is 91.0 cm³/mol. The van der Waals surface area contributed by atoms with E-state index in [1.54, 1.807) is 17.8 Å². The number of hydrogen-bond acceptors (Lipinski definition) is 3. The van der Waals surface area contributed by atoms with Crippen LogP contribution in [0.25, 0.3) is 0 Å². The van der Waals surface area contributed by atoms with Gasteiger partial charge in [0, 0.05) is 31.8 Å². The fraction of sp³-hybridized carbons (Fsp3) is 0.529. The van der Waals surface area contributed by atoms with Crippen molar-refractivity contribution in [3.05, 3.63) is 35.4 Å².